The Labute approximate surface area is 176 Å². The average Bonchev–Trinajstić information content (AvgIpc) is 3.40. The highest BCUT2D eigenvalue weighted by Gasteiger charge is 2.39. The Hall–Kier alpha value is -3.40. The number of nitrogens with one attached hydrogen (secondary N) is 2. The molecule has 1 aliphatic carbocycles. The van der Waals surface area contributed by atoms with Gasteiger partial charge in [0.2, 0.25) is 5.91 Å². The first-order valence-electron chi connectivity index (χ1n) is 10.2. The summed E-state index contributed by atoms with van der Waals surface area (Å²) in [5.74, 6) is 8.38. The molecule has 30 heavy (non-hydrogen) atoms. The molecule has 3 aromatic rings. The minimum Gasteiger partial charge on any atom is -0.370 e. The SMILES string of the molecule is CCNc1ncc(C#Cc2c(C)nn(C)c2C)c2cc(NC(=O)[C@H]3C[C@H]3C)ncc12. The van der Waals surface area contributed by atoms with E-state index < -0.39 is 0 Å². The Bertz CT molecular complexity index is 1200. The molecule has 0 aromatic carbocycles. The topological polar surface area (TPSA) is 84.7 Å². The third-order valence-electron chi connectivity index (χ3n) is 5.64. The molecule has 2 atom stereocenters. The van der Waals surface area contributed by atoms with Crippen LogP contribution in [0, 0.1) is 37.5 Å². The molecule has 1 saturated carbocycles. The van der Waals surface area contributed by atoms with Crippen LogP contribution < -0.4 is 10.6 Å². The molecule has 2 N–H and O–H groups in total. The molecule has 0 unspecified atom stereocenters. The average molecular weight is 403 g/mol. The summed E-state index contributed by atoms with van der Waals surface area (Å²) in [6, 6.07) is 1.88. The van der Waals surface area contributed by atoms with Gasteiger partial charge in [-0.3, -0.25) is 9.48 Å². The van der Waals surface area contributed by atoms with Gasteiger partial charge in [-0.1, -0.05) is 18.8 Å². The van der Waals surface area contributed by atoms with Crippen molar-refractivity contribution in [2.75, 3.05) is 17.2 Å². The molecule has 1 aliphatic rings. The molecule has 0 radical (unpaired) electrons. The molecule has 0 aliphatic heterocycles. The molecular weight excluding hydrogens is 376 g/mol. The summed E-state index contributed by atoms with van der Waals surface area (Å²) < 4.78 is 1.83. The lowest BCUT2D eigenvalue weighted by Gasteiger charge is -2.10. The number of carbonyl (C=O) groups is 1. The first-order chi connectivity index (χ1) is 14.4. The van der Waals surface area contributed by atoms with Gasteiger partial charge in [-0.2, -0.15) is 5.10 Å². The van der Waals surface area contributed by atoms with Gasteiger partial charge in [0.05, 0.1) is 22.5 Å². The highest BCUT2D eigenvalue weighted by molar-refractivity contribution is 5.99. The smallest absolute Gasteiger partial charge is 0.228 e. The van der Waals surface area contributed by atoms with Crippen molar-refractivity contribution in [3.05, 3.63) is 41.0 Å². The van der Waals surface area contributed by atoms with Gasteiger partial charge in [0.25, 0.3) is 0 Å². The van der Waals surface area contributed by atoms with Crippen LogP contribution in [0.3, 0.4) is 0 Å². The number of fused-ring (bicyclic) bond motifs is 1. The molecule has 7 heteroatoms. The summed E-state index contributed by atoms with van der Waals surface area (Å²) in [5.41, 5.74) is 3.63. The lowest BCUT2D eigenvalue weighted by atomic mass is 10.1. The molecule has 3 heterocycles. The fraction of sp³-hybridized carbons (Fsp3) is 0.391. The fourth-order valence-corrected chi connectivity index (χ4v) is 3.60. The van der Waals surface area contributed by atoms with Crippen molar-refractivity contribution >= 4 is 28.3 Å². The van der Waals surface area contributed by atoms with E-state index in [0.29, 0.717) is 11.7 Å². The molecule has 4 rings (SSSR count). The zero-order valence-electron chi connectivity index (χ0n) is 18.0. The van der Waals surface area contributed by atoms with E-state index in [2.05, 4.69) is 44.5 Å². The lowest BCUT2D eigenvalue weighted by Crippen LogP contribution is -2.15. The number of anilines is 2. The van der Waals surface area contributed by atoms with E-state index in [-0.39, 0.29) is 11.8 Å². The molecule has 7 nitrogen and oxygen atoms in total. The van der Waals surface area contributed by atoms with Crippen LogP contribution in [-0.2, 0) is 11.8 Å². The summed E-state index contributed by atoms with van der Waals surface area (Å²) in [6.45, 7) is 8.82. The van der Waals surface area contributed by atoms with Crippen LogP contribution >= 0.6 is 0 Å². The zero-order valence-corrected chi connectivity index (χ0v) is 18.0. The predicted octanol–water partition coefficient (Wildman–Crippen LogP) is 3.41. The summed E-state index contributed by atoms with van der Waals surface area (Å²) >= 11 is 0. The van der Waals surface area contributed by atoms with Crippen molar-refractivity contribution < 1.29 is 4.79 Å². The van der Waals surface area contributed by atoms with Gasteiger partial charge < -0.3 is 10.6 Å². The number of nitrogens with zero attached hydrogens (tertiary/aromatic N) is 4. The standard InChI is InChI=1S/C23H26N6O/c1-6-24-22-20-12-25-21(27-23(30)18-9-13(18)2)10-19(20)16(11-26-22)7-8-17-14(3)28-29(5)15(17)4/h10-13,18H,6,9H2,1-5H3,(H,24,26)(H,25,27,30)/t13-,18+/m1/s1. The first kappa shape index (κ1) is 19.9. The Morgan fingerprint density at radius 3 is 2.63 bits per heavy atom. The van der Waals surface area contributed by atoms with Gasteiger partial charge in [-0.25, -0.2) is 9.97 Å². The molecule has 1 amide bonds. The highest BCUT2D eigenvalue weighted by atomic mass is 16.2. The second-order valence-corrected chi connectivity index (χ2v) is 7.89. The molecule has 0 saturated heterocycles. The molecule has 1 fully saturated rings. The van der Waals surface area contributed by atoms with Crippen LogP contribution in [0.2, 0.25) is 0 Å². The van der Waals surface area contributed by atoms with Gasteiger partial charge in [0.15, 0.2) is 0 Å². The van der Waals surface area contributed by atoms with Crippen molar-refractivity contribution in [2.45, 2.75) is 34.1 Å². The minimum absolute atomic E-state index is 0.0320. The monoisotopic (exact) mass is 402 g/mol. The van der Waals surface area contributed by atoms with Crippen molar-refractivity contribution in [2.24, 2.45) is 18.9 Å². The number of pyridine rings is 2. The minimum atomic E-state index is 0.0320. The molecule has 3 aromatic heterocycles. The molecular formula is C23H26N6O. The van der Waals surface area contributed by atoms with Gasteiger partial charge in [-0.15, -0.1) is 0 Å². The predicted molar refractivity (Wildman–Crippen MR) is 118 cm³/mol. The van der Waals surface area contributed by atoms with Crippen LogP contribution in [0.15, 0.2) is 18.5 Å². The fourth-order valence-electron chi connectivity index (χ4n) is 3.60. The third-order valence-corrected chi connectivity index (χ3v) is 5.64. The molecule has 0 bridgehead atoms. The third kappa shape index (κ3) is 3.73. The lowest BCUT2D eigenvalue weighted by molar-refractivity contribution is -0.117. The quantitative estimate of drug-likeness (QED) is 0.654. The second-order valence-electron chi connectivity index (χ2n) is 7.89. The maximum atomic E-state index is 12.4. The maximum absolute atomic E-state index is 12.4. The van der Waals surface area contributed by atoms with E-state index in [1.165, 1.54) is 0 Å². The van der Waals surface area contributed by atoms with Crippen LogP contribution in [0.5, 0.6) is 0 Å². The van der Waals surface area contributed by atoms with E-state index in [1.807, 2.05) is 38.6 Å². The Morgan fingerprint density at radius 2 is 2.00 bits per heavy atom. The molecule has 154 valence electrons. The van der Waals surface area contributed by atoms with Crippen LogP contribution in [0.1, 0.15) is 42.8 Å². The van der Waals surface area contributed by atoms with Crippen LogP contribution in [-0.4, -0.2) is 32.2 Å². The van der Waals surface area contributed by atoms with Crippen molar-refractivity contribution in [1.82, 2.24) is 19.7 Å². The van der Waals surface area contributed by atoms with Crippen LogP contribution in [0.25, 0.3) is 10.8 Å². The van der Waals surface area contributed by atoms with Crippen LogP contribution in [0.4, 0.5) is 11.6 Å². The number of rotatable bonds is 4. The Kier molecular flexibility index (Phi) is 5.17. The number of aromatic nitrogens is 4. The summed E-state index contributed by atoms with van der Waals surface area (Å²) in [5, 5.41) is 12.4. The van der Waals surface area contributed by atoms with Crippen molar-refractivity contribution in [3.63, 3.8) is 0 Å². The summed E-state index contributed by atoms with van der Waals surface area (Å²) in [7, 11) is 1.91. The van der Waals surface area contributed by atoms with Gasteiger partial charge >= 0.3 is 0 Å². The Morgan fingerprint density at radius 1 is 1.23 bits per heavy atom. The van der Waals surface area contributed by atoms with Gasteiger partial charge in [0.1, 0.15) is 11.6 Å². The van der Waals surface area contributed by atoms with E-state index in [1.54, 1.807) is 12.4 Å². The summed E-state index contributed by atoms with van der Waals surface area (Å²) in [6.07, 6.45) is 4.45. The highest BCUT2D eigenvalue weighted by Crippen LogP contribution is 2.38. The van der Waals surface area contributed by atoms with Gasteiger partial charge in [0, 0.05) is 42.7 Å². The maximum Gasteiger partial charge on any atom is 0.228 e. The van der Waals surface area contributed by atoms with E-state index >= 15 is 0 Å². The van der Waals surface area contributed by atoms with Crippen molar-refractivity contribution in [1.29, 1.82) is 0 Å². The van der Waals surface area contributed by atoms with Gasteiger partial charge in [-0.05, 0) is 39.2 Å². The zero-order chi connectivity index (χ0) is 21.4. The van der Waals surface area contributed by atoms with E-state index in [9.17, 15) is 4.79 Å². The number of aryl methyl sites for hydroxylation is 2. The first-order valence-corrected chi connectivity index (χ1v) is 10.2. The summed E-state index contributed by atoms with van der Waals surface area (Å²) in [4.78, 5) is 21.3. The number of hydrogen-bond acceptors (Lipinski definition) is 5. The normalized spacial score (nSPS) is 17.4. The van der Waals surface area contributed by atoms with E-state index in [0.717, 1.165) is 52.1 Å². The molecule has 0 spiro atoms. The number of amides is 1. The largest absolute Gasteiger partial charge is 0.370 e. The number of carbonyl (C=O) groups excluding carboxylic acids is 1. The second kappa shape index (κ2) is 7.79. The Balaban J connectivity index is 1.76. The van der Waals surface area contributed by atoms with Crippen molar-refractivity contribution in [3.8, 4) is 11.8 Å². The number of hydrogen-bond donors (Lipinski definition) is 2. The van der Waals surface area contributed by atoms with E-state index in [4.69, 9.17) is 0 Å².